The Balaban J connectivity index is 2.07. The van der Waals surface area contributed by atoms with Crippen LogP contribution in [0.1, 0.15) is 21.5 Å². The number of hydrogen-bond donors (Lipinski definition) is 1. The fourth-order valence-corrected chi connectivity index (χ4v) is 1.61. The van der Waals surface area contributed by atoms with E-state index in [-0.39, 0.29) is 5.91 Å². The van der Waals surface area contributed by atoms with Crippen LogP contribution in [0.5, 0.6) is 5.75 Å². The van der Waals surface area contributed by atoms with Gasteiger partial charge in [0.25, 0.3) is 5.91 Å². The van der Waals surface area contributed by atoms with Gasteiger partial charge >= 0.3 is 0 Å². The van der Waals surface area contributed by atoms with Gasteiger partial charge in [-0.05, 0) is 37.1 Å². The van der Waals surface area contributed by atoms with Crippen molar-refractivity contribution in [1.29, 1.82) is 0 Å². The molecule has 0 saturated carbocycles. The van der Waals surface area contributed by atoms with Crippen molar-refractivity contribution in [3.63, 3.8) is 0 Å². The summed E-state index contributed by atoms with van der Waals surface area (Å²) in [6.07, 6.45) is 3.10. The van der Waals surface area contributed by atoms with Crippen LogP contribution >= 0.6 is 0 Å². The average Bonchev–Trinajstić information content (AvgIpc) is 2.39. The number of carbonyl (C=O) groups excluding carboxylic acids is 1. The first-order valence-corrected chi connectivity index (χ1v) is 5.62. The largest absolute Gasteiger partial charge is 0.379 e. The molecule has 92 valence electrons. The third kappa shape index (κ3) is 2.66. The van der Waals surface area contributed by atoms with E-state index in [1.165, 1.54) is 6.20 Å². The molecule has 0 radical (unpaired) electrons. The number of benzene rings is 1. The molecule has 0 aliphatic heterocycles. The zero-order valence-electron chi connectivity index (χ0n) is 10.3. The second-order valence-electron chi connectivity index (χ2n) is 4.00. The predicted octanol–water partition coefficient (Wildman–Crippen LogP) is 2.42. The first kappa shape index (κ1) is 12.1. The van der Waals surface area contributed by atoms with E-state index < -0.39 is 0 Å². The number of aryl methyl sites for hydroxylation is 2. The number of nitrogens with zero attached hydrogens (tertiary/aromatic N) is 1. The Morgan fingerprint density at radius 3 is 2.50 bits per heavy atom. The van der Waals surface area contributed by atoms with Gasteiger partial charge in [-0.15, -0.1) is 0 Å². The second-order valence-corrected chi connectivity index (χ2v) is 4.00. The number of hydrogen-bond acceptors (Lipinski definition) is 3. The summed E-state index contributed by atoms with van der Waals surface area (Å²) in [5.41, 5.74) is 4.83. The Bertz CT molecular complexity index is 533. The minimum absolute atomic E-state index is 0.314. The van der Waals surface area contributed by atoms with Crippen LogP contribution in [0.3, 0.4) is 0 Å². The summed E-state index contributed by atoms with van der Waals surface area (Å²) in [7, 11) is 0. The minimum Gasteiger partial charge on any atom is -0.379 e. The van der Waals surface area contributed by atoms with Gasteiger partial charge in [0.1, 0.15) is 0 Å². The van der Waals surface area contributed by atoms with Crippen LogP contribution in [-0.4, -0.2) is 10.9 Å². The van der Waals surface area contributed by atoms with Crippen molar-refractivity contribution in [2.75, 3.05) is 0 Å². The molecule has 0 spiro atoms. The average molecular weight is 242 g/mol. The smallest absolute Gasteiger partial charge is 0.285 e. The maximum Gasteiger partial charge on any atom is 0.285 e. The van der Waals surface area contributed by atoms with E-state index in [4.69, 9.17) is 4.84 Å². The van der Waals surface area contributed by atoms with Crippen molar-refractivity contribution in [1.82, 2.24) is 10.5 Å². The van der Waals surface area contributed by atoms with Gasteiger partial charge in [0.2, 0.25) is 0 Å². The summed E-state index contributed by atoms with van der Waals surface area (Å²) in [5.74, 6) is 0.362. The lowest BCUT2D eigenvalue weighted by molar-refractivity contribution is 0.0757. The number of rotatable bonds is 3. The molecule has 4 nitrogen and oxygen atoms in total. The van der Waals surface area contributed by atoms with Gasteiger partial charge in [-0.2, -0.15) is 5.48 Å². The van der Waals surface area contributed by atoms with E-state index in [9.17, 15) is 4.79 Å². The molecule has 1 N–H and O–H groups in total. The number of para-hydroxylation sites is 1. The van der Waals surface area contributed by atoms with E-state index in [0.717, 1.165) is 11.1 Å². The molecule has 2 aromatic rings. The molecular formula is C14H14N2O2. The van der Waals surface area contributed by atoms with Crippen LogP contribution in [0.15, 0.2) is 42.7 Å². The van der Waals surface area contributed by atoms with Crippen molar-refractivity contribution in [3.8, 4) is 5.75 Å². The molecule has 1 amide bonds. The number of aromatic nitrogens is 1. The number of carbonyl (C=O) groups is 1. The molecule has 0 bridgehead atoms. The van der Waals surface area contributed by atoms with E-state index in [1.807, 2.05) is 32.0 Å². The van der Waals surface area contributed by atoms with Crippen molar-refractivity contribution >= 4 is 5.91 Å². The van der Waals surface area contributed by atoms with Crippen LogP contribution in [-0.2, 0) is 0 Å². The maximum absolute atomic E-state index is 11.8. The van der Waals surface area contributed by atoms with Crippen molar-refractivity contribution in [3.05, 3.63) is 59.4 Å². The molecule has 18 heavy (non-hydrogen) atoms. The highest BCUT2D eigenvalue weighted by molar-refractivity contribution is 5.93. The predicted molar refractivity (Wildman–Crippen MR) is 68.2 cm³/mol. The quantitative estimate of drug-likeness (QED) is 0.841. The second kappa shape index (κ2) is 5.31. The third-order valence-corrected chi connectivity index (χ3v) is 2.58. The number of hydroxylamine groups is 1. The topological polar surface area (TPSA) is 51.2 Å². The highest BCUT2D eigenvalue weighted by Gasteiger charge is 2.08. The molecule has 1 heterocycles. The van der Waals surface area contributed by atoms with Gasteiger partial charge in [0, 0.05) is 12.4 Å². The molecule has 0 saturated heterocycles. The van der Waals surface area contributed by atoms with Crippen LogP contribution < -0.4 is 10.3 Å². The van der Waals surface area contributed by atoms with Crippen LogP contribution in [0.25, 0.3) is 0 Å². The van der Waals surface area contributed by atoms with Gasteiger partial charge in [-0.25, -0.2) is 0 Å². The van der Waals surface area contributed by atoms with Crippen LogP contribution in [0, 0.1) is 13.8 Å². The molecular weight excluding hydrogens is 228 g/mol. The van der Waals surface area contributed by atoms with Gasteiger partial charge in [-0.3, -0.25) is 9.78 Å². The zero-order chi connectivity index (χ0) is 13.0. The van der Waals surface area contributed by atoms with Crippen molar-refractivity contribution < 1.29 is 9.63 Å². The van der Waals surface area contributed by atoms with E-state index in [0.29, 0.717) is 11.3 Å². The van der Waals surface area contributed by atoms with Crippen LogP contribution in [0.4, 0.5) is 0 Å². The van der Waals surface area contributed by atoms with E-state index >= 15 is 0 Å². The Kier molecular flexibility index (Phi) is 3.57. The lowest BCUT2D eigenvalue weighted by Gasteiger charge is -2.11. The van der Waals surface area contributed by atoms with Crippen molar-refractivity contribution in [2.24, 2.45) is 0 Å². The lowest BCUT2D eigenvalue weighted by Crippen LogP contribution is -2.27. The van der Waals surface area contributed by atoms with E-state index in [2.05, 4.69) is 10.5 Å². The standard InChI is InChI=1S/C14H14N2O2/c1-10-5-3-6-11(2)13(10)18-16-14(17)12-7-4-8-15-9-12/h3-9H,1-2H3,(H,16,17). The Labute approximate surface area is 106 Å². The molecule has 0 atom stereocenters. The minimum atomic E-state index is -0.314. The maximum atomic E-state index is 11.8. The first-order valence-electron chi connectivity index (χ1n) is 5.62. The fraction of sp³-hybridized carbons (Fsp3) is 0.143. The SMILES string of the molecule is Cc1cccc(C)c1ONC(=O)c1cccnc1. The normalized spacial score (nSPS) is 9.89. The molecule has 0 fully saturated rings. The van der Waals surface area contributed by atoms with Crippen LogP contribution in [0.2, 0.25) is 0 Å². The van der Waals surface area contributed by atoms with E-state index in [1.54, 1.807) is 18.3 Å². The molecule has 0 unspecified atom stereocenters. The summed E-state index contributed by atoms with van der Waals surface area (Å²) < 4.78 is 0. The lowest BCUT2D eigenvalue weighted by atomic mass is 10.1. The number of pyridine rings is 1. The highest BCUT2D eigenvalue weighted by Crippen LogP contribution is 2.21. The van der Waals surface area contributed by atoms with Gasteiger partial charge in [0.05, 0.1) is 5.56 Å². The summed E-state index contributed by atoms with van der Waals surface area (Å²) in [4.78, 5) is 21.0. The summed E-state index contributed by atoms with van der Waals surface area (Å²) in [6.45, 7) is 3.86. The van der Waals surface area contributed by atoms with Gasteiger partial charge in [0.15, 0.2) is 5.75 Å². The monoisotopic (exact) mass is 242 g/mol. The molecule has 0 aliphatic rings. The van der Waals surface area contributed by atoms with Gasteiger partial charge < -0.3 is 4.84 Å². The summed E-state index contributed by atoms with van der Waals surface area (Å²) in [6, 6.07) is 9.18. The Hall–Kier alpha value is -2.36. The zero-order valence-corrected chi connectivity index (χ0v) is 10.3. The molecule has 1 aromatic carbocycles. The summed E-state index contributed by atoms with van der Waals surface area (Å²) in [5, 5.41) is 0. The molecule has 1 aromatic heterocycles. The fourth-order valence-electron chi connectivity index (χ4n) is 1.61. The Morgan fingerprint density at radius 1 is 1.17 bits per heavy atom. The molecule has 4 heteroatoms. The number of amides is 1. The molecule has 0 aliphatic carbocycles. The third-order valence-electron chi connectivity index (χ3n) is 2.58. The van der Waals surface area contributed by atoms with Gasteiger partial charge in [-0.1, -0.05) is 18.2 Å². The summed E-state index contributed by atoms with van der Waals surface area (Å²) >= 11 is 0. The Morgan fingerprint density at radius 2 is 1.89 bits per heavy atom. The van der Waals surface area contributed by atoms with Crippen molar-refractivity contribution in [2.45, 2.75) is 13.8 Å². The molecule has 2 rings (SSSR count). The first-order chi connectivity index (χ1) is 8.68. The highest BCUT2D eigenvalue weighted by atomic mass is 16.7. The number of nitrogens with one attached hydrogen (secondary N) is 1.